The Morgan fingerprint density at radius 1 is 1.14 bits per heavy atom. The number of benzene rings is 1. The number of hydrogen-bond donors (Lipinski definition) is 1. The molecular weight excluding hydrogens is 473 g/mol. The molecule has 0 unspecified atom stereocenters. The number of alkyl halides is 3. The molecule has 0 aliphatic heterocycles. The number of ether oxygens (including phenoxy) is 1. The summed E-state index contributed by atoms with van der Waals surface area (Å²) in [6.45, 7) is 0. The third-order valence-electron chi connectivity index (χ3n) is 3.23. The number of nitrogen functional groups attached to an aromatic ring is 1. The molecule has 0 radical (unpaired) electrons. The molecule has 0 aliphatic carbocycles. The number of carbonyl (C=O) groups is 1. The van der Waals surface area contributed by atoms with Crippen molar-refractivity contribution in [3.05, 3.63) is 33.4 Å². The van der Waals surface area contributed by atoms with Crippen LogP contribution in [0, 0.1) is 0 Å². The first-order valence-electron chi connectivity index (χ1n) is 6.55. The Hall–Kier alpha value is -1.93. The van der Waals surface area contributed by atoms with Crippen LogP contribution in [0.1, 0.15) is 16.1 Å². The van der Waals surface area contributed by atoms with Gasteiger partial charge in [0.15, 0.2) is 5.69 Å². The van der Waals surface area contributed by atoms with Gasteiger partial charge in [-0.3, -0.25) is 0 Å². The molecular formula is C12H7Cl2F8N3O2S. The van der Waals surface area contributed by atoms with Crippen molar-refractivity contribution >= 4 is 45.2 Å². The molecule has 16 heteroatoms. The highest BCUT2D eigenvalue weighted by Gasteiger charge is 2.65. The van der Waals surface area contributed by atoms with Gasteiger partial charge in [-0.25, -0.2) is 9.48 Å². The molecule has 28 heavy (non-hydrogen) atoms. The normalized spacial score (nSPS) is 15.1. The molecule has 0 atom stereocenters. The minimum Gasteiger partial charge on any atom is -0.465 e. The Bertz CT molecular complexity index is 965. The molecule has 1 aromatic heterocycles. The van der Waals surface area contributed by atoms with Crippen LogP contribution < -0.4 is 5.73 Å². The van der Waals surface area contributed by atoms with E-state index in [4.69, 9.17) is 28.9 Å². The Balaban J connectivity index is 2.84. The number of aromatic nitrogens is 2. The summed E-state index contributed by atoms with van der Waals surface area (Å²) in [5, 5.41) is 0.719. The largest absolute Gasteiger partial charge is 0.465 e. The number of rotatable bonds is 3. The number of carbonyl (C=O) groups excluding carboxylic acids is 1. The highest BCUT2D eigenvalue weighted by Crippen LogP contribution is 3.02. The number of anilines is 1. The van der Waals surface area contributed by atoms with E-state index in [1.54, 1.807) is 0 Å². The molecule has 1 aromatic carbocycles. The van der Waals surface area contributed by atoms with Gasteiger partial charge in [0.25, 0.3) is 0 Å². The van der Waals surface area contributed by atoms with Crippen molar-refractivity contribution in [2.24, 2.45) is 0 Å². The smallest absolute Gasteiger partial charge is 0.436 e. The molecule has 0 amide bonds. The zero-order valence-corrected chi connectivity index (χ0v) is 15.5. The summed E-state index contributed by atoms with van der Waals surface area (Å²) in [6.07, 6.45) is -5.23. The van der Waals surface area contributed by atoms with E-state index in [0.717, 1.165) is 7.11 Å². The summed E-state index contributed by atoms with van der Waals surface area (Å²) in [7, 11) is -9.45. The topological polar surface area (TPSA) is 70.1 Å². The first-order valence-corrected chi connectivity index (χ1v) is 9.26. The maximum absolute atomic E-state index is 13.1. The zero-order valence-electron chi connectivity index (χ0n) is 13.1. The van der Waals surface area contributed by atoms with Crippen LogP contribution in [0.25, 0.3) is 5.69 Å². The summed E-state index contributed by atoms with van der Waals surface area (Å²) < 4.78 is 108. The Morgan fingerprint density at radius 3 is 1.96 bits per heavy atom. The zero-order chi connectivity index (χ0) is 21.9. The van der Waals surface area contributed by atoms with Gasteiger partial charge in [-0.15, -0.1) is 0 Å². The van der Waals surface area contributed by atoms with Crippen LogP contribution in [0.2, 0.25) is 10.0 Å². The van der Waals surface area contributed by atoms with E-state index in [1.165, 1.54) is 0 Å². The number of halogens is 10. The Labute approximate surface area is 160 Å². The first kappa shape index (κ1) is 22.4. The molecule has 0 fully saturated rings. The van der Waals surface area contributed by atoms with E-state index >= 15 is 0 Å². The van der Waals surface area contributed by atoms with E-state index in [1.807, 2.05) is 0 Å². The number of hydrogen-bond acceptors (Lipinski definition) is 4. The third-order valence-corrected chi connectivity index (χ3v) is 4.93. The summed E-state index contributed by atoms with van der Waals surface area (Å²) in [5.41, 5.74) is 1.45. The fraction of sp³-hybridized carbons (Fsp3) is 0.167. The molecule has 158 valence electrons. The summed E-state index contributed by atoms with van der Waals surface area (Å²) in [4.78, 5) is 9.14. The van der Waals surface area contributed by atoms with Crippen LogP contribution in [0.5, 0.6) is 0 Å². The quantitative estimate of drug-likeness (QED) is 0.418. The predicted octanol–water partition coefficient (Wildman–Crippen LogP) is 6.22. The van der Waals surface area contributed by atoms with Gasteiger partial charge in [-0.2, -0.15) is 18.3 Å². The summed E-state index contributed by atoms with van der Waals surface area (Å²) in [6, 6.07) is -0.479. The van der Waals surface area contributed by atoms with Crippen LogP contribution in [0.4, 0.5) is 38.4 Å². The van der Waals surface area contributed by atoms with Gasteiger partial charge in [0.2, 0.25) is 0 Å². The molecule has 0 saturated carbocycles. The fourth-order valence-corrected chi connectivity index (χ4v) is 3.53. The lowest BCUT2D eigenvalue weighted by atomic mass is 10.2. The van der Waals surface area contributed by atoms with Gasteiger partial charge in [0, 0.05) is 0 Å². The van der Waals surface area contributed by atoms with Crippen molar-refractivity contribution in [2.75, 3.05) is 12.8 Å². The molecule has 2 aromatic rings. The van der Waals surface area contributed by atoms with Crippen LogP contribution in [-0.4, -0.2) is 22.9 Å². The fourth-order valence-electron chi connectivity index (χ4n) is 2.07. The third kappa shape index (κ3) is 4.07. The van der Waals surface area contributed by atoms with Crippen molar-refractivity contribution in [1.82, 2.24) is 9.78 Å². The Kier molecular flexibility index (Phi) is 4.63. The number of methoxy groups -OCH3 is 1. The lowest BCUT2D eigenvalue weighted by Crippen LogP contribution is -2.14. The average Bonchev–Trinajstić information content (AvgIpc) is 2.81. The van der Waals surface area contributed by atoms with Crippen LogP contribution in [-0.2, 0) is 10.9 Å². The molecule has 0 bridgehead atoms. The number of nitrogens with two attached hydrogens (primary N) is 1. The maximum Gasteiger partial charge on any atom is 0.436 e. The standard InChI is InChI=1S/C12H7Cl2F8N3O2S/c1-27-11(26)7-9(12(15,16)17)24-25(10(7)23)8-5(13)2-4(3-6(8)14)28(18,19,20,21)22/h2-3H,23H2,1H3. The van der Waals surface area contributed by atoms with Gasteiger partial charge in [0.05, 0.1) is 17.2 Å². The van der Waals surface area contributed by atoms with Gasteiger partial charge in [-0.1, -0.05) is 42.6 Å². The second-order valence-electron chi connectivity index (χ2n) is 5.21. The minimum atomic E-state index is -10.2. The van der Waals surface area contributed by atoms with Crippen LogP contribution >= 0.6 is 33.4 Å². The van der Waals surface area contributed by atoms with E-state index in [-0.39, 0.29) is 16.8 Å². The highest BCUT2D eigenvalue weighted by atomic mass is 35.5. The van der Waals surface area contributed by atoms with Gasteiger partial charge < -0.3 is 10.5 Å². The molecule has 5 nitrogen and oxygen atoms in total. The molecule has 0 aliphatic rings. The van der Waals surface area contributed by atoms with Crippen LogP contribution in [0.15, 0.2) is 17.0 Å². The Morgan fingerprint density at radius 2 is 1.61 bits per heavy atom. The number of esters is 1. The monoisotopic (exact) mass is 479 g/mol. The lowest BCUT2D eigenvalue weighted by Gasteiger charge is -2.40. The molecule has 1 heterocycles. The van der Waals surface area contributed by atoms with E-state index < -0.39 is 60.1 Å². The summed E-state index contributed by atoms with van der Waals surface area (Å²) >= 11 is 11.1. The van der Waals surface area contributed by atoms with Crippen molar-refractivity contribution < 1.29 is 42.1 Å². The van der Waals surface area contributed by atoms with E-state index in [9.17, 15) is 37.4 Å². The van der Waals surface area contributed by atoms with Crippen molar-refractivity contribution in [3.63, 3.8) is 0 Å². The van der Waals surface area contributed by atoms with Gasteiger partial charge in [-0.05, 0) is 12.1 Å². The molecule has 0 saturated heterocycles. The van der Waals surface area contributed by atoms with Gasteiger partial charge >= 0.3 is 22.4 Å². The lowest BCUT2D eigenvalue weighted by molar-refractivity contribution is -0.141. The average molecular weight is 480 g/mol. The first-order chi connectivity index (χ1) is 12.3. The summed E-state index contributed by atoms with van der Waals surface area (Å²) in [5.74, 6) is -2.60. The van der Waals surface area contributed by atoms with Crippen LogP contribution in [0.3, 0.4) is 0 Å². The second-order valence-corrected chi connectivity index (χ2v) is 8.44. The number of nitrogens with zero attached hydrogens (tertiary/aromatic N) is 2. The predicted molar refractivity (Wildman–Crippen MR) is 85.7 cm³/mol. The molecule has 2 N–H and O–H groups in total. The maximum atomic E-state index is 13.1. The SMILES string of the molecule is COC(=O)c1c(C(F)(F)F)nn(-c2c(Cl)cc(S(F)(F)(F)(F)F)cc2Cl)c1N. The van der Waals surface area contributed by atoms with E-state index in [2.05, 4.69) is 9.84 Å². The van der Waals surface area contributed by atoms with E-state index in [0.29, 0.717) is 0 Å². The van der Waals surface area contributed by atoms with Crippen molar-refractivity contribution in [2.45, 2.75) is 11.1 Å². The van der Waals surface area contributed by atoms with Crippen molar-refractivity contribution in [1.29, 1.82) is 0 Å². The molecule has 0 spiro atoms. The molecule has 2 rings (SSSR count). The second kappa shape index (κ2) is 5.79. The minimum absolute atomic E-state index is 0.106. The van der Waals surface area contributed by atoms with Crippen molar-refractivity contribution in [3.8, 4) is 5.69 Å². The van der Waals surface area contributed by atoms with Gasteiger partial charge in [0.1, 0.15) is 22.0 Å². The highest BCUT2D eigenvalue weighted by molar-refractivity contribution is 8.45.